The van der Waals surface area contributed by atoms with Gasteiger partial charge in [-0.2, -0.15) is 42.1 Å². The Bertz CT molecular complexity index is 3380. The minimum absolute atomic E-state index is 0.107. The van der Waals surface area contributed by atoms with Crippen LogP contribution in [-0.4, -0.2) is 98.9 Å². The maximum absolute atomic E-state index is 12.9. The maximum Gasteiger partial charge on any atom is 0.423 e. The Hall–Kier alpha value is -9.26. The van der Waals surface area contributed by atoms with Crippen LogP contribution in [0.3, 0.4) is 0 Å². The molecule has 0 radical (unpaired) electrons. The summed E-state index contributed by atoms with van der Waals surface area (Å²) in [6.45, 7) is 29.5. The molecule has 0 bridgehead atoms. The summed E-state index contributed by atoms with van der Waals surface area (Å²) in [7, 11) is 1.50. The van der Waals surface area contributed by atoms with Crippen LogP contribution in [0, 0.1) is 74.5 Å². The van der Waals surface area contributed by atoms with E-state index in [-0.39, 0.29) is 28.2 Å². The SMILES string of the molecule is C=C(C)CN(CC)c1ccc([N+](=O)[O-])c(C(F)(F)F)c1.CCCCN(CC)c1ccc(C#N)c(Cl)c1.CCCCN(CC)c1ccc(C#N)c([N+](=O)[O-])c1.CCCCN(CCCC)c1ccc([N+](=O)[O-])c(C#N)c1.CCCN(CCOC)c1ccc([N+](=O)[O-])c(C(F)(F)F)c1. The first-order valence-electron chi connectivity index (χ1n) is 31.1. The zero-order valence-corrected chi connectivity index (χ0v) is 56.5. The van der Waals surface area contributed by atoms with Crippen molar-refractivity contribution in [3.05, 3.63) is 176 Å². The molecule has 0 unspecified atom stereocenters. The molecule has 0 spiro atoms. The van der Waals surface area contributed by atoms with E-state index in [1.165, 1.54) is 50.3 Å². The molecule has 0 fully saturated rings. The molecule has 0 saturated heterocycles. The molecular formula is C67H87ClF6N12O9. The minimum Gasteiger partial charge on any atom is -0.383 e. The van der Waals surface area contributed by atoms with Crippen LogP contribution < -0.4 is 24.5 Å². The predicted molar refractivity (Wildman–Crippen MR) is 363 cm³/mol. The van der Waals surface area contributed by atoms with Gasteiger partial charge < -0.3 is 29.2 Å². The first-order chi connectivity index (χ1) is 45.0. The summed E-state index contributed by atoms with van der Waals surface area (Å²) < 4.78 is 82.4. The topological polar surface area (TPSA) is 269 Å². The van der Waals surface area contributed by atoms with Crippen LogP contribution >= 0.6 is 11.6 Å². The molecule has 21 nitrogen and oxygen atoms in total. The van der Waals surface area contributed by atoms with Crippen molar-refractivity contribution in [2.75, 3.05) is 104 Å². The number of nitrogens with zero attached hydrogens (tertiary/aromatic N) is 12. The summed E-state index contributed by atoms with van der Waals surface area (Å²) in [5.74, 6) is 0. The van der Waals surface area contributed by atoms with E-state index in [0.717, 1.165) is 131 Å². The summed E-state index contributed by atoms with van der Waals surface area (Å²) in [5, 5.41) is 70.4. The lowest BCUT2D eigenvalue weighted by atomic mass is 10.1. The fraction of sp³-hybridized carbons (Fsp3) is 0.478. The lowest BCUT2D eigenvalue weighted by Gasteiger charge is -2.24. The van der Waals surface area contributed by atoms with Crippen molar-refractivity contribution in [2.24, 2.45) is 0 Å². The predicted octanol–water partition coefficient (Wildman–Crippen LogP) is 18.3. The third-order valence-corrected chi connectivity index (χ3v) is 14.6. The third-order valence-electron chi connectivity index (χ3n) is 14.3. The van der Waals surface area contributed by atoms with E-state index in [1.807, 2.05) is 38.1 Å². The molecule has 0 N–H and O–H groups in total. The average molecular weight is 1350 g/mol. The van der Waals surface area contributed by atoms with Crippen molar-refractivity contribution in [2.45, 2.75) is 132 Å². The molecule has 0 atom stereocenters. The van der Waals surface area contributed by atoms with Gasteiger partial charge in [0.15, 0.2) is 0 Å². The molecule has 0 aliphatic heterocycles. The average Bonchev–Trinajstić information content (AvgIpc) is 0.844. The number of hydrogen-bond acceptors (Lipinski definition) is 17. The van der Waals surface area contributed by atoms with Crippen molar-refractivity contribution < 1.29 is 50.8 Å². The largest absolute Gasteiger partial charge is 0.423 e. The van der Waals surface area contributed by atoms with Gasteiger partial charge in [0.05, 0.1) is 36.9 Å². The van der Waals surface area contributed by atoms with Crippen molar-refractivity contribution in [3.63, 3.8) is 0 Å². The molecular weight excluding hydrogens is 1270 g/mol. The smallest absolute Gasteiger partial charge is 0.383 e. The number of likely N-dealkylation sites (N-methyl/N-ethyl adjacent to an activating group) is 1. The molecule has 0 heterocycles. The highest BCUT2D eigenvalue weighted by Crippen LogP contribution is 2.40. The molecule has 0 saturated carbocycles. The second kappa shape index (κ2) is 43.6. The Morgan fingerprint density at radius 2 is 0.811 bits per heavy atom. The van der Waals surface area contributed by atoms with E-state index in [9.17, 15) is 66.8 Å². The van der Waals surface area contributed by atoms with Crippen molar-refractivity contribution in [1.29, 1.82) is 15.8 Å². The van der Waals surface area contributed by atoms with Gasteiger partial charge >= 0.3 is 12.4 Å². The van der Waals surface area contributed by atoms with Crippen LogP contribution in [0.25, 0.3) is 0 Å². The molecule has 0 aliphatic rings. The molecule has 518 valence electrons. The van der Waals surface area contributed by atoms with E-state index in [1.54, 1.807) is 47.9 Å². The van der Waals surface area contributed by atoms with Gasteiger partial charge in [0.25, 0.3) is 22.7 Å². The number of rotatable bonds is 31. The molecule has 5 aromatic carbocycles. The lowest BCUT2D eigenvalue weighted by Crippen LogP contribution is -2.28. The second-order valence-electron chi connectivity index (χ2n) is 21.3. The molecule has 0 aromatic heterocycles. The van der Waals surface area contributed by atoms with Crippen molar-refractivity contribution in [1.82, 2.24) is 0 Å². The van der Waals surface area contributed by atoms with E-state index in [2.05, 4.69) is 62.0 Å². The zero-order chi connectivity index (χ0) is 72.0. The van der Waals surface area contributed by atoms with Gasteiger partial charge in [0.2, 0.25) is 0 Å². The van der Waals surface area contributed by atoms with Gasteiger partial charge in [-0.15, -0.1) is 0 Å². The summed E-state index contributed by atoms with van der Waals surface area (Å²) in [6.07, 6.45) is 0.0236. The van der Waals surface area contributed by atoms with Crippen LogP contribution in [0.1, 0.15) is 148 Å². The van der Waals surface area contributed by atoms with Crippen LogP contribution in [0.15, 0.2) is 103 Å². The number of halogens is 7. The van der Waals surface area contributed by atoms with Gasteiger partial charge in [-0.05, 0) is 127 Å². The molecule has 5 aromatic rings. The van der Waals surface area contributed by atoms with Crippen molar-refractivity contribution >= 4 is 62.8 Å². The standard InChI is InChI=1S/C15H21N3O2.C13H17ClN2.C13H17F3N2O3.C13H15F3N2O2.C13H17N3O2/c1-3-5-9-17(10-6-4-2)14-7-8-15(18(19)20)13(11-14)12-16;1-3-5-8-16(4-2)12-7-6-11(10-15)13(14)9-12;1-3-6-17(7-8-21-2)10-4-5-12(18(19)20)11(9-10)13(14,15)16;1-4-17(8-9(2)3)10-5-6-12(18(19)20)11(7-10)13(14,15)16;1-3-5-8-15(4-2)12-7-6-11(10-14)13(9-12)16(17)18/h7-8,11H,3-6,9-10H2,1-2H3;6-7,9H,3-5,8H2,1-2H3;4-5,9H,3,6-8H2,1-2H3;5-7H,2,4,8H2,1,3H3;6-7,9H,3-5,8H2,1-2H3. The number of anilines is 5. The first-order valence-corrected chi connectivity index (χ1v) is 31.5. The fourth-order valence-electron chi connectivity index (χ4n) is 9.20. The summed E-state index contributed by atoms with van der Waals surface area (Å²) >= 11 is 6.02. The lowest BCUT2D eigenvalue weighted by molar-refractivity contribution is -0.388. The van der Waals surface area contributed by atoms with E-state index >= 15 is 0 Å². The number of ether oxygens (including phenoxy) is 1. The monoisotopic (exact) mass is 1350 g/mol. The van der Waals surface area contributed by atoms with E-state index in [4.69, 9.17) is 32.1 Å². The molecule has 95 heavy (non-hydrogen) atoms. The number of nitro groups is 4. The highest BCUT2D eigenvalue weighted by molar-refractivity contribution is 6.32. The first kappa shape index (κ1) is 83.8. The van der Waals surface area contributed by atoms with E-state index < -0.39 is 54.5 Å². The number of methoxy groups -OCH3 is 1. The van der Waals surface area contributed by atoms with Gasteiger partial charge in [0.1, 0.15) is 40.5 Å². The number of alkyl halides is 6. The Labute approximate surface area is 557 Å². The molecule has 0 aliphatic carbocycles. The summed E-state index contributed by atoms with van der Waals surface area (Å²) in [4.78, 5) is 50.0. The van der Waals surface area contributed by atoms with Gasteiger partial charge in [-0.25, -0.2) is 0 Å². The molecule has 5 rings (SSSR count). The highest BCUT2D eigenvalue weighted by Gasteiger charge is 2.40. The third kappa shape index (κ3) is 28.5. The Morgan fingerprint density at radius 3 is 1.16 bits per heavy atom. The van der Waals surface area contributed by atoms with Crippen molar-refractivity contribution in [3.8, 4) is 18.2 Å². The number of hydrogen-bond donors (Lipinski definition) is 0. The second-order valence-corrected chi connectivity index (χ2v) is 21.7. The Kier molecular flexibility index (Phi) is 38.4. The van der Waals surface area contributed by atoms with Crippen LogP contribution in [-0.2, 0) is 17.1 Å². The molecule has 0 amide bonds. The van der Waals surface area contributed by atoms with Gasteiger partial charge in [-0.1, -0.05) is 84.1 Å². The summed E-state index contributed by atoms with van der Waals surface area (Å²) in [5.41, 5.74) is 0.361. The summed E-state index contributed by atoms with van der Waals surface area (Å²) in [6, 6.07) is 27.1. The van der Waals surface area contributed by atoms with Crippen LogP contribution in [0.5, 0.6) is 0 Å². The van der Waals surface area contributed by atoms with E-state index in [0.29, 0.717) is 49.1 Å². The number of nitriles is 3. The zero-order valence-electron chi connectivity index (χ0n) is 55.7. The molecule has 28 heteroatoms. The minimum atomic E-state index is -4.77. The van der Waals surface area contributed by atoms with Gasteiger partial charge in [-0.3, -0.25) is 40.5 Å². The maximum atomic E-state index is 12.9. The number of nitro benzene ring substituents is 4. The number of benzene rings is 5. The van der Waals surface area contributed by atoms with Gasteiger partial charge in [0, 0.05) is 125 Å². The normalized spacial score (nSPS) is 10.5. The quantitative estimate of drug-likeness (QED) is 0.0173. The Balaban J connectivity index is 0.000000595. The fourth-order valence-corrected chi connectivity index (χ4v) is 9.41. The highest BCUT2D eigenvalue weighted by atomic mass is 35.5. The Morgan fingerprint density at radius 1 is 0.463 bits per heavy atom. The van der Waals surface area contributed by atoms with Crippen LogP contribution in [0.2, 0.25) is 5.02 Å². The number of unbranched alkanes of at least 4 members (excludes halogenated alkanes) is 4. The van der Waals surface area contributed by atoms with Crippen LogP contribution in [0.4, 0.5) is 77.5 Å².